The van der Waals surface area contributed by atoms with E-state index in [0.29, 0.717) is 19.5 Å². The van der Waals surface area contributed by atoms with Crippen LogP contribution >= 0.6 is 0 Å². The average Bonchev–Trinajstić information content (AvgIpc) is 2.65. The lowest BCUT2D eigenvalue weighted by Crippen LogP contribution is -2.39. The van der Waals surface area contributed by atoms with Crippen LogP contribution in [0, 0.1) is 0 Å². The van der Waals surface area contributed by atoms with Crippen molar-refractivity contribution in [1.82, 2.24) is 4.90 Å². The molecule has 0 saturated heterocycles. The van der Waals surface area contributed by atoms with Crippen LogP contribution < -0.4 is 0 Å². The molecule has 0 radical (unpaired) electrons. The van der Waals surface area contributed by atoms with Crippen LogP contribution in [0.5, 0.6) is 0 Å². The largest absolute Gasteiger partial charge is 0.465 e. The highest BCUT2D eigenvalue weighted by molar-refractivity contribution is 6.03. The number of amides is 1. The molecule has 0 spiro atoms. The molecule has 2 rings (SSSR count). The Kier molecular flexibility index (Phi) is 6.25. The van der Waals surface area contributed by atoms with Crippen LogP contribution in [0.1, 0.15) is 53.5 Å². The molecule has 0 N–H and O–H groups in total. The van der Waals surface area contributed by atoms with Gasteiger partial charge in [-0.2, -0.15) is 0 Å². The second-order valence-corrected chi connectivity index (χ2v) is 7.15. The van der Waals surface area contributed by atoms with Crippen molar-refractivity contribution in [3.05, 3.63) is 41.0 Å². The quantitative estimate of drug-likeness (QED) is 0.596. The van der Waals surface area contributed by atoms with E-state index in [1.165, 1.54) is 14.2 Å². The van der Waals surface area contributed by atoms with Gasteiger partial charge in [0.1, 0.15) is 5.60 Å². The van der Waals surface area contributed by atoms with E-state index >= 15 is 0 Å². The van der Waals surface area contributed by atoms with Crippen LogP contribution in [0.3, 0.4) is 0 Å². The lowest BCUT2D eigenvalue weighted by molar-refractivity contribution is 0.0270. The Balaban J connectivity index is 2.23. The van der Waals surface area contributed by atoms with E-state index in [0.717, 1.165) is 11.1 Å². The van der Waals surface area contributed by atoms with Gasteiger partial charge in [0.25, 0.3) is 0 Å². The van der Waals surface area contributed by atoms with E-state index < -0.39 is 17.5 Å². The standard InChI is InChI=1S/C20H25NO6/c1-20(2,3)27-19(24)21-10-8-13(9-11-21)14-6-7-15(17(22)25-4)16(12-14)18(23)26-5/h6-8,12H,9-11H2,1-5H3. The summed E-state index contributed by atoms with van der Waals surface area (Å²) in [5, 5.41) is 0. The highest BCUT2D eigenvalue weighted by Crippen LogP contribution is 2.26. The lowest BCUT2D eigenvalue weighted by Gasteiger charge is -2.29. The van der Waals surface area contributed by atoms with Crippen molar-refractivity contribution in [3.63, 3.8) is 0 Å². The number of carbonyl (C=O) groups excluding carboxylic acids is 3. The third-order valence-electron chi connectivity index (χ3n) is 4.06. The fourth-order valence-corrected chi connectivity index (χ4v) is 2.73. The monoisotopic (exact) mass is 375 g/mol. The summed E-state index contributed by atoms with van der Waals surface area (Å²) >= 11 is 0. The van der Waals surface area contributed by atoms with Gasteiger partial charge in [-0.25, -0.2) is 14.4 Å². The highest BCUT2D eigenvalue weighted by atomic mass is 16.6. The first-order chi connectivity index (χ1) is 12.7. The zero-order valence-corrected chi connectivity index (χ0v) is 16.3. The van der Waals surface area contributed by atoms with Crippen molar-refractivity contribution in [3.8, 4) is 0 Å². The Labute approximate surface area is 158 Å². The molecule has 0 atom stereocenters. The number of carbonyl (C=O) groups is 3. The molecule has 1 aromatic rings. The fourth-order valence-electron chi connectivity index (χ4n) is 2.73. The molecule has 27 heavy (non-hydrogen) atoms. The minimum atomic E-state index is -0.607. The zero-order chi connectivity index (χ0) is 20.2. The first-order valence-electron chi connectivity index (χ1n) is 8.64. The second kappa shape index (κ2) is 8.24. The van der Waals surface area contributed by atoms with Crippen LogP contribution in [0.2, 0.25) is 0 Å². The van der Waals surface area contributed by atoms with Crippen molar-refractivity contribution >= 4 is 23.6 Å². The van der Waals surface area contributed by atoms with Gasteiger partial charge in [-0.05, 0) is 50.5 Å². The zero-order valence-electron chi connectivity index (χ0n) is 16.3. The maximum Gasteiger partial charge on any atom is 0.410 e. The summed E-state index contributed by atoms with van der Waals surface area (Å²) in [4.78, 5) is 37.7. The first kappa shape index (κ1) is 20.5. The van der Waals surface area contributed by atoms with E-state index in [2.05, 4.69) is 0 Å². The number of nitrogens with zero attached hydrogens (tertiary/aromatic N) is 1. The molecule has 1 heterocycles. The van der Waals surface area contributed by atoms with Gasteiger partial charge in [0, 0.05) is 13.1 Å². The molecule has 146 valence electrons. The Morgan fingerprint density at radius 2 is 1.63 bits per heavy atom. The van der Waals surface area contributed by atoms with Crippen molar-refractivity contribution in [2.45, 2.75) is 32.8 Å². The fraction of sp³-hybridized carbons (Fsp3) is 0.450. The molecule has 7 nitrogen and oxygen atoms in total. The first-order valence-corrected chi connectivity index (χ1v) is 8.64. The molecule has 0 aliphatic carbocycles. The molecule has 7 heteroatoms. The van der Waals surface area contributed by atoms with Gasteiger partial charge in [0.05, 0.1) is 25.3 Å². The lowest BCUT2D eigenvalue weighted by atomic mass is 9.95. The minimum absolute atomic E-state index is 0.150. The predicted octanol–water partition coefficient (Wildman–Crippen LogP) is 3.28. The summed E-state index contributed by atoms with van der Waals surface area (Å²) in [6, 6.07) is 4.93. The molecule has 0 fully saturated rings. The number of methoxy groups -OCH3 is 2. The Bertz CT molecular complexity index is 775. The third-order valence-corrected chi connectivity index (χ3v) is 4.06. The molecular formula is C20H25NO6. The Morgan fingerprint density at radius 3 is 2.15 bits per heavy atom. The van der Waals surface area contributed by atoms with Crippen LogP contribution in [0.25, 0.3) is 5.57 Å². The maximum atomic E-state index is 12.2. The summed E-state index contributed by atoms with van der Waals surface area (Å²) in [5.41, 5.74) is 1.54. The molecule has 1 aliphatic heterocycles. The molecule has 0 saturated carbocycles. The van der Waals surface area contributed by atoms with Crippen molar-refractivity contribution in [1.29, 1.82) is 0 Å². The van der Waals surface area contributed by atoms with Gasteiger partial charge in [-0.1, -0.05) is 12.1 Å². The molecule has 1 amide bonds. The van der Waals surface area contributed by atoms with E-state index in [9.17, 15) is 14.4 Å². The number of rotatable bonds is 3. The van der Waals surface area contributed by atoms with Crippen LogP contribution in [0.15, 0.2) is 24.3 Å². The molecule has 0 bridgehead atoms. The number of benzene rings is 1. The minimum Gasteiger partial charge on any atom is -0.465 e. The van der Waals surface area contributed by atoms with Crippen LogP contribution in [-0.2, 0) is 14.2 Å². The summed E-state index contributed by atoms with van der Waals surface area (Å²) in [6.45, 7) is 6.40. The van der Waals surface area contributed by atoms with Gasteiger partial charge < -0.3 is 19.1 Å². The summed E-state index contributed by atoms with van der Waals surface area (Å²) in [5.74, 6) is -1.21. The van der Waals surface area contributed by atoms with Gasteiger partial charge in [-0.15, -0.1) is 0 Å². The van der Waals surface area contributed by atoms with E-state index in [1.807, 2.05) is 26.8 Å². The number of hydrogen-bond donors (Lipinski definition) is 0. The normalized spacial score (nSPS) is 14.3. The van der Waals surface area contributed by atoms with Crippen LogP contribution in [-0.4, -0.2) is 55.8 Å². The van der Waals surface area contributed by atoms with E-state index in [4.69, 9.17) is 14.2 Å². The van der Waals surface area contributed by atoms with Crippen molar-refractivity contribution in [2.75, 3.05) is 27.3 Å². The summed E-state index contributed by atoms with van der Waals surface area (Å²) in [6.07, 6.45) is 2.17. The Hall–Kier alpha value is -2.83. The van der Waals surface area contributed by atoms with E-state index in [1.54, 1.807) is 23.1 Å². The van der Waals surface area contributed by atoms with Gasteiger partial charge in [0.15, 0.2) is 0 Å². The van der Waals surface area contributed by atoms with Gasteiger partial charge in [0.2, 0.25) is 0 Å². The Morgan fingerprint density at radius 1 is 1.00 bits per heavy atom. The topological polar surface area (TPSA) is 82.1 Å². The number of hydrogen-bond acceptors (Lipinski definition) is 6. The van der Waals surface area contributed by atoms with Crippen molar-refractivity contribution < 1.29 is 28.6 Å². The average molecular weight is 375 g/mol. The molecule has 0 aromatic heterocycles. The summed E-state index contributed by atoms with van der Waals surface area (Å²) in [7, 11) is 2.51. The smallest absolute Gasteiger partial charge is 0.410 e. The number of ether oxygens (including phenoxy) is 3. The van der Waals surface area contributed by atoms with Crippen molar-refractivity contribution in [2.24, 2.45) is 0 Å². The predicted molar refractivity (Wildman–Crippen MR) is 99.5 cm³/mol. The van der Waals surface area contributed by atoms with Gasteiger partial charge in [-0.3, -0.25) is 0 Å². The number of esters is 2. The SMILES string of the molecule is COC(=O)c1ccc(C2=CCN(C(=O)OC(C)(C)C)CC2)cc1C(=O)OC. The molecule has 1 aromatic carbocycles. The summed E-state index contributed by atoms with van der Waals surface area (Å²) < 4.78 is 14.9. The maximum absolute atomic E-state index is 12.2. The molecule has 0 unspecified atom stereocenters. The van der Waals surface area contributed by atoms with E-state index in [-0.39, 0.29) is 17.2 Å². The third kappa shape index (κ3) is 5.09. The highest BCUT2D eigenvalue weighted by Gasteiger charge is 2.25. The van der Waals surface area contributed by atoms with Crippen LogP contribution in [0.4, 0.5) is 4.79 Å². The van der Waals surface area contributed by atoms with Gasteiger partial charge >= 0.3 is 18.0 Å². The molecular weight excluding hydrogens is 350 g/mol. The second-order valence-electron chi connectivity index (χ2n) is 7.15. The molecule has 1 aliphatic rings.